The van der Waals surface area contributed by atoms with Crippen molar-refractivity contribution in [2.24, 2.45) is 0 Å². The van der Waals surface area contributed by atoms with E-state index in [2.05, 4.69) is 20.6 Å². The Bertz CT molecular complexity index is 996. The highest BCUT2D eigenvalue weighted by molar-refractivity contribution is 6.30. The number of aromatic nitrogens is 2. The lowest BCUT2D eigenvalue weighted by Gasteiger charge is -2.13. The van der Waals surface area contributed by atoms with E-state index in [1.54, 1.807) is 36.4 Å². The number of hydrogen-bond acceptors (Lipinski definition) is 7. The van der Waals surface area contributed by atoms with Crippen molar-refractivity contribution >= 4 is 40.3 Å². The van der Waals surface area contributed by atoms with Crippen molar-refractivity contribution in [2.45, 2.75) is 6.92 Å². The van der Waals surface area contributed by atoms with Crippen LogP contribution in [0.1, 0.15) is 5.56 Å². The SMILES string of the molecule is COc1ccccc1Nc1ncnc(Nc2cc(Cl)ccc2C)c1[N+](=O)[O-]. The number of halogens is 1. The first-order valence-electron chi connectivity index (χ1n) is 7.92. The number of para-hydroxylation sites is 2. The highest BCUT2D eigenvalue weighted by Crippen LogP contribution is 2.36. The molecule has 3 aromatic rings. The van der Waals surface area contributed by atoms with Gasteiger partial charge in [0, 0.05) is 10.7 Å². The molecule has 0 spiro atoms. The van der Waals surface area contributed by atoms with Crippen molar-refractivity contribution in [3.8, 4) is 5.75 Å². The lowest BCUT2D eigenvalue weighted by atomic mass is 10.2. The van der Waals surface area contributed by atoms with Gasteiger partial charge in [0.2, 0.25) is 11.6 Å². The van der Waals surface area contributed by atoms with Crippen molar-refractivity contribution in [1.82, 2.24) is 9.97 Å². The van der Waals surface area contributed by atoms with Crippen molar-refractivity contribution in [1.29, 1.82) is 0 Å². The van der Waals surface area contributed by atoms with E-state index in [4.69, 9.17) is 16.3 Å². The molecule has 0 aliphatic heterocycles. The Morgan fingerprint density at radius 1 is 1.07 bits per heavy atom. The second-order valence-electron chi connectivity index (χ2n) is 5.59. The maximum atomic E-state index is 11.7. The quantitative estimate of drug-likeness (QED) is 0.462. The number of nitrogens with one attached hydrogen (secondary N) is 2. The zero-order valence-corrected chi connectivity index (χ0v) is 15.3. The molecule has 0 amide bonds. The summed E-state index contributed by atoms with van der Waals surface area (Å²) in [5.74, 6) is 0.630. The van der Waals surface area contributed by atoms with Crippen molar-refractivity contribution in [3.05, 3.63) is 69.5 Å². The van der Waals surface area contributed by atoms with Gasteiger partial charge in [0.05, 0.1) is 17.7 Å². The Morgan fingerprint density at radius 3 is 2.41 bits per heavy atom. The summed E-state index contributed by atoms with van der Waals surface area (Å²) in [5, 5.41) is 18.1. The van der Waals surface area contributed by atoms with Gasteiger partial charge >= 0.3 is 5.69 Å². The second kappa shape index (κ2) is 7.88. The summed E-state index contributed by atoms with van der Waals surface area (Å²) < 4.78 is 5.27. The van der Waals surface area contributed by atoms with Crippen LogP contribution in [0.4, 0.5) is 28.7 Å². The van der Waals surface area contributed by atoms with Gasteiger partial charge in [0.15, 0.2) is 0 Å². The third kappa shape index (κ3) is 4.06. The first-order valence-corrected chi connectivity index (χ1v) is 8.30. The zero-order chi connectivity index (χ0) is 19.4. The number of aryl methyl sites for hydroxylation is 1. The standard InChI is InChI=1S/C18H16ClN5O3/c1-11-7-8-12(19)9-14(11)23-18-16(24(25)26)17(20-10-21-18)22-13-5-3-4-6-15(13)27-2/h3-10H,1-2H3,(H2,20,21,22,23). The van der Waals surface area contributed by atoms with Crippen LogP contribution in [0, 0.1) is 17.0 Å². The first-order chi connectivity index (χ1) is 13.0. The van der Waals surface area contributed by atoms with Crippen LogP contribution < -0.4 is 15.4 Å². The molecule has 0 fully saturated rings. The van der Waals surface area contributed by atoms with Crippen LogP contribution in [0.3, 0.4) is 0 Å². The van der Waals surface area contributed by atoms with Gasteiger partial charge in [0.1, 0.15) is 12.1 Å². The highest BCUT2D eigenvalue weighted by atomic mass is 35.5. The van der Waals surface area contributed by atoms with Gasteiger partial charge in [-0.1, -0.05) is 29.8 Å². The molecule has 1 aromatic heterocycles. The molecule has 3 rings (SSSR count). The van der Waals surface area contributed by atoms with Crippen LogP contribution in [0.5, 0.6) is 5.75 Å². The molecule has 1 heterocycles. The van der Waals surface area contributed by atoms with E-state index in [0.717, 1.165) is 5.56 Å². The molecule has 0 unspecified atom stereocenters. The monoisotopic (exact) mass is 385 g/mol. The second-order valence-corrected chi connectivity index (χ2v) is 6.02. The topological polar surface area (TPSA) is 102 Å². The van der Waals surface area contributed by atoms with Crippen LogP contribution in [0.2, 0.25) is 5.02 Å². The zero-order valence-electron chi connectivity index (χ0n) is 14.6. The fourth-order valence-corrected chi connectivity index (χ4v) is 2.64. The van der Waals surface area contributed by atoms with Gasteiger partial charge in [-0.25, -0.2) is 9.97 Å². The van der Waals surface area contributed by atoms with Crippen molar-refractivity contribution < 1.29 is 9.66 Å². The normalized spacial score (nSPS) is 10.3. The van der Waals surface area contributed by atoms with E-state index in [0.29, 0.717) is 22.1 Å². The fraction of sp³-hybridized carbons (Fsp3) is 0.111. The predicted molar refractivity (Wildman–Crippen MR) is 104 cm³/mol. The summed E-state index contributed by atoms with van der Waals surface area (Å²) in [6.07, 6.45) is 1.24. The molecule has 9 heteroatoms. The van der Waals surface area contributed by atoms with Gasteiger partial charge in [-0.15, -0.1) is 0 Å². The Hall–Kier alpha value is -3.39. The van der Waals surface area contributed by atoms with Crippen LogP contribution in [-0.4, -0.2) is 22.0 Å². The summed E-state index contributed by atoms with van der Waals surface area (Å²) in [7, 11) is 1.52. The van der Waals surface area contributed by atoms with Crippen LogP contribution >= 0.6 is 11.6 Å². The molecule has 2 aromatic carbocycles. The summed E-state index contributed by atoms with van der Waals surface area (Å²) in [5.41, 5.74) is 1.74. The lowest BCUT2D eigenvalue weighted by Crippen LogP contribution is -2.06. The number of benzene rings is 2. The molecule has 0 aliphatic rings. The van der Waals surface area contributed by atoms with E-state index >= 15 is 0 Å². The summed E-state index contributed by atoms with van der Waals surface area (Å²) in [6.45, 7) is 1.86. The van der Waals surface area contributed by atoms with E-state index in [9.17, 15) is 10.1 Å². The minimum Gasteiger partial charge on any atom is -0.495 e. The minimum atomic E-state index is -0.542. The molecular weight excluding hydrogens is 370 g/mol. The van der Waals surface area contributed by atoms with Gasteiger partial charge in [-0.3, -0.25) is 10.1 Å². The molecule has 0 saturated carbocycles. The molecule has 0 bridgehead atoms. The lowest BCUT2D eigenvalue weighted by molar-refractivity contribution is -0.383. The molecule has 2 N–H and O–H groups in total. The minimum absolute atomic E-state index is 0.0432. The molecule has 0 saturated heterocycles. The van der Waals surface area contributed by atoms with Crippen LogP contribution in [0.15, 0.2) is 48.8 Å². The molecule has 0 aliphatic carbocycles. The number of hydrogen-bond donors (Lipinski definition) is 2. The van der Waals surface area contributed by atoms with Gasteiger partial charge in [0.25, 0.3) is 0 Å². The molecule has 0 radical (unpaired) electrons. The number of rotatable bonds is 6. The Morgan fingerprint density at radius 2 is 1.74 bits per heavy atom. The van der Waals surface area contributed by atoms with E-state index in [1.807, 2.05) is 13.0 Å². The number of anilines is 4. The predicted octanol–water partition coefficient (Wildman–Crippen LogP) is 4.84. The Balaban J connectivity index is 2.03. The van der Waals surface area contributed by atoms with Crippen molar-refractivity contribution in [2.75, 3.05) is 17.7 Å². The smallest absolute Gasteiger partial charge is 0.353 e. The Kier molecular flexibility index (Phi) is 5.37. The molecule has 8 nitrogen and oxygen atoms in total. The maximum Gasteiger partial charge on any atom is 0.353 e. The van der Waals surface area contributed by atoms with E-state index < -0.39 is 4.92 Å². The number of nitrogens with zero attached hydrogens (tertiary/aromatic N) is 3. The third-order valence-corrected chi connectivity index (χ3v) is 4.05. The first kappa shape index (κ1) is 18.4. The Labute approximate surface area is 160 Å². The van der Waals surface area contributed by atoms with Gasteiger partial charge < -0.3 is 15.4 Å². The highest BCUT2D eigenvalue weighted by Gasteiger charge is 2.24. The number of nitro groups is 1. The average Bonchev–Trinajstić information content (AvgIpc) is 2.65. The van der Waals surface area contributed by atoms with Crippen LogP contribution in [0.25, 0.3) is 0 Å². The summed E-state index contributed by atoms with van der Waals surface area (Å²) in [4.78, 5) is 19.2. The maximum absolute atomic E-state index is 11.7. The van der Waals surface area contributed by atoms with E-state index in [-0.39, 0.29) is 17.3 Å². The molecule has 27 heavy (non-hydrogen) atoms. The average molecular weight is 386 g/mol. The number of methoxy groups -OCH3 is 1. The largest absolute Gasteiger partial charge is 0.495 e. The van der Waals surface area contributed by atoms with Crippen LogP contribution in [-0.2, 0) is 0 Å². The molecule has 138 valence electrons. The molecule has 0 atom stereocenters. The summed E-state index contributed by atoms with van der Waals surface area (Å²) in [6, 6.07) is 12.3. The summed E-state index contributed by atoms with van der Waals surface area (Å²) >= 11 is 6.02. The fourth-order valence-electron chi connectivity index (χ4n) is 2.47. The number of ether oxygens (including phenoxy) is 1. The van der Waals surface area contributed by atoms with Crippen molar-refractivity contribution in [3.63, 3.8) is 0 Å². The van der Waals surface area contributed by atoms with Gasteiger partial charge in [-0.2, -0.15) is 0 Å². The van der Waals surface area contributed by atoms with E-state index in [1.165, 1.54) is 13.4 Å². The third-order valence-electron chi connectivity index (χ3n) is 3.82. The van der Waals surface area contributed by atoms with Gasteiger partial charge in [-0.05, 0) is 36.8 Å². The molecular formula is C18H16ClN5O3.